The summed E-state index contributed by atoms with van der Waals surface area (Å²) in [6.07, 6.45) is 5.63. The molecule has 0 radical (unpaired) electrons. The fraction of sp³-hybridized carbons (Fsp3) is 0.412. The standard InChI is InChI=1S/C17H21N7O2/c1-4-24-15(12-7-18-11(2)19-8-12)23-13-14(21-10-22-16(13)24)20-9-17(3,26)5-6-25/h6-8,10,26H,4-5,9H2,1-3H3,(H,20,21,22). The Labute approximate surface area is 150 Å². The van der Waals surface area contributed by atoms with Gasteiger partial charge in [0.25, 0.3) is 0 Å². The van der Waals surface area contributed by atoms with E-state index in [2.05, 4.69) is 30.2 Å². The van der Waals surface area contributed by atoms with Crippen LogP contribution < -0.4 is 5.32 Å². The second kappa shape index (κ2) is 7.12. The van der Waals surface area contributed by atoms with Gasteiger partial charge in [-0.2, -0.15) is 0 Å². The molecule has 3 aromatic rings. The van der Waals surface area contributed by atoms with E-state index in [9.17, 15) is 9.90 Å². The minimum Gasteiger partial charge on any atom is -0.388 e. The zero-order chi connectivity index (χ0) is 18.7. The Morgan fingerprint density at radius 3 is 2.65 bits per heavy atom. The molecule has 0 saturated heterocycles. The molecule has 0 aromatic carbocycles. The molecule has 1 unspecified atom stereocenters. The van der Waals surface area contributed by atoms with E-state index in [1.54, 1.807) is 19.3 Å². The number of imidazole rings is 1. The molecule has 0 spiro atoms. The Hall–Kier alpha value is -2.94. The van der Waals surface area contributed by atoms with Crippen LogP contribution in [0.4, 0.5) is 5.82 Å². The van der Waals surface area contributed by atoms with Crippen LogP contribution in [0.3, 0.4) is 0 Å². The van der Waals surface area contributed by atoms with Crippen molar-refractivity contribution in [2.45, 2.75) is 39.3 Å². The van der Waals surface area contributed by atoms with Crippen molar-refractivity contribution in [3.8, 4) is 11.4 Å². The number of aldehydes is 1. The van der Waals surface area contributed by atoms with Crippen molar-refractivity contribution in [2.24, 2.45) is 0 Å². The number of nitrogens with zero attached hydrogens (tertiary/aromatic N) is 6. The Bertz CT molecular complexity index is 919. The van der Waals surface area contributed by atoms with Crippen molar-refractivity contribution in [1.29, 1.82) is 0 Å². The Morgan fingerprint density at radius 2 is 2.00 bits per heavy atom. The van der Waals surface area contributed by atoms with Crippen LogP contribution >= 0.6 is 0 Å². The van der Waals surface area contributed by atoms with Crippen LogP contribution in [0.1, 0.15) is 26.1 Å². The smallest absolute Gasteiger partial charge is 0.165 e. The van der Waals surface area contributed by atoms with Gasteiger partial charge in [0.05, 0.1) is 11.2 Å². The second-order valence-electron chi connectivity index (χ2n) is 6.31. The highest BCUT2D eigenvalue weighted by molar-refractivity contribution is 5.86. The first kappa shape index (κ1) is 17.9. The average molecular weight is 355 g/mol. The van der Waals surface area contributed by atoms with Crippen molar-refractivity contribution in [3.63, 3.8) is 0 Å². The van der Waals surface area contributed by atoms with E-state index in [1.807, 2.05) is 18.4 Å². The number of carbonyl (C=O) groups excluding carboxylic acids is 1. The van der Waals surface area contributed by atoms with Crippen LogP contribution in [0, 0.1) is 6.92 Å². The van der Waals surface area contributed by atoms with Gasteiger partial charge in [0.1, 0.15) is 24.3 Å². The molecule has 136 valence electrons. The molecule has 0 saturated carbocycles. The summed E-state index contributed by atoms with van der Waals surface area (Å²) in [5.74, 6) is 1.89. The summed E-state index contributed by atoms with van der Waals surface area (Å²) in [7, 11) is 0. The maximum absolute atomic E-state index is 10.7. The molecular formula is C17H21N7O2. The number of rotatable bonds is 7. The van der Waals surface area contributed by atoms with Gasteiger partial charge in [0.15, 0.2) is 17.0 Å². The molecule has 3 rings (SSSR count). The number of nitrogens with one attached hydrogen (secondary N) is 1. The number of aromatic nitrogens is 6. The summed E-state index contributed by atoms with van der Waals surface area (Å²) in [6, 6.07) is 0. The third-order valence-electron chi connectivity index (χ3n) is 4.05. The number of aryl methyl sites for hydroxylation is 2. The minimum atomic E-state index is -1.17. The quantitative estimate of drug-likeness (QED) is 0.610. The normalized spacial score (nSPS) is 13.5. The molecule has 3 aromatic heterocycles. The van der Waals surface area contributed by atoms with Crippen molar-refractivity contribution < 1.29 is 9.90 Å². The molecule has 0 amide bonds. The third kappa shape index (κ3) is 3.52. The summed E-state index contributed by atoms with van der Waals surface area (Å²) in [5, 5.41) is 13.2. The van der Waals surface area contributed by atoms with Crippen LogP contribution in [0.2, 0.25) is 0 Å². The van der Waals surface area contributed by atoms with Crippen molar-refractivity contribution in [1.82, 2.24) is 29.5 Å². The molecule has 2 N–H and O–H groups in total. The summed E-state index contributed by atoms with van der Waals surface area (Å²) in [6.45, 7) is 6.25. The molecule has 26 heavy (non-hydrogen) atoms. The topological polar surface area (TPSA) is 119 Å². The van der Waals surface area contributed by atoms with Gasteiger partial charge in [0, 0.05) is 31.9 Å². The lowest BCUT2D eigenvalue weighted by Crippen LogP contribution is -2.34. The first-order valence-corrected chi connectivity index (χ1v) is 8.35. The number of anilines is 1. The van der Waals surface area contributed by atoms with E-state index < -0.39 is 5.60 Å². The van der Waals surface area contributed by atoms with Crippen molar-refractivity contribution in [2.75, 3.05) is 11.9 Å². The molecule has 0 aliphatic heterocycles. The Balaban J connectivity index is 2.02. The molecule has 1 atom stereocenters. The third-order valence-corrected chi connectivity index (χ3v) is 4.05. The van der Waals surface area contributed by atoms with Gasteiger partial charge in [-0.15, -0.1) is 0 Å². The molecule has 9 nitrogen and oxygen atoms in total. The van der Waals surface area contributed by atoms with E-state index in [1.165, 1.54) is 6.33 Å². The fourth-order valence-corrected chi connectivity index (χ4v) is 2.62. The van der Waals surface area contributed by atoms with E-state index in [4.69, 9.17) is 0 Å². The van der Waals surface area contributed by atoms with E-state index >= 15 is 0 Å². The average Bonchev–Trinajstić information content (AvgIpc) is 2.99. The zero-order valence-corrected chi connectivity index (χ0v) is 15.0. The van der Waals surface area contributed by atoms with E-state index in [-0.39, 0.29) is 13.0 Å². The van der Waals surface area contributed by atoms with E-state index in [0.717, 1.165) is 5.56 Å². The SMILES string of the molecule is CCn1c(-c2cnc(C)nc2)nc2c(NCC(C)(O)CC=O)ncnc21. The monoisotopic (exact) mass is 355 g/mol. The van der Waals surface area contributed by atoms with Gasteiger partial charge in [-0.1, -0.05) is 0 Å². The van der Waals surface area contributed by atoms with Gasteiger partial charge in [0.2, 0.25) is 0 Å². The number of hydrogen-bond acceptors (Lipinski definition) is 8. The summed E-state index contributed by atoms with van der Waals surface area (Å²) in [4.78, 5) is 32.4. The number of fused-ring (bicyclic) bond motifs is 1. The van der Waals surface area contributed by atoms with Gasteiger partial charge in [-0.3, -0.25) is 0 Å². The molecule has 0 aliphatic rings. The van der Waals surface area contributed by atoms with Crippen molar-refractivity contribution >= 4 is 23.3 Å². The van der Waals surface area contributed by atoms with Crippen LogP contribution in [0.5, 0.6) is 0 Å². The number of carbonyl (C=O) groups is 1. The van der Waals surface area contributed by atoms with Crippen LogP contribution in [-0.4, -0.2) is 53.0 Å². The first-order chi connectivity index (χ1) is 12.4. The van der Waals surface area contributed by atoms with Crippen LogP contribution in [-0.2, 0) is 11.3 Å². The lowest BCUT2D eigenvalue weighted by atomic mass is 10.0. The second-order valence-corrected chi connectivity index (χ2v) is 6.31. The Morgan fingerprint density at radius 1 is 1.27 bits per heavy atom. The first-order valence-electron chi connectivity index (χ1n) is 8.35. The van der Waals surface area contributed by atoms with Gasteiger partial charge in [-0.25, -0.2) is 24.9 Å². The van der Waals surface area contributed by atoms with Gasteiger partial charge < -0.3 is 19.8 Å². The largest absolute Gasteiger partial charge is 0.388 e. The van der Waals surface area contributed by atoms with E-state index in [0.29, 0.717) is 41.5 Å². The maximum atomic E-state index is 10.7. The summed E-state index contributed by atoms with van der Waals surface area (Å²) < 4.78 is 1.96. The molecular weight excluding hydrogens is 334 g/mol. The lowest BCUT2D eigenvalue weighted by Gasteiger charge is -2.21. The van der Waals surface area contributed by atoms with Gasteiger partial charge in [-0.05, 0) is 20.8 Å². The predicted molar refractivity (Wildman–Crippen MR) is 96.6 cm³/mol. The summed E-state index contributed by atoms with van der Waals surface area (Å²) >= 11 is 0. The van der Waals surface area contributed by atoms with Gasteiger partial charge >= 0.3 is 0 Å². The predicted octanol–water partition coefficient (Wildman–Crippen LogP) is 1.36. The molecule has 0 aliphatic carbocycles. The number of aliphatic hydroxyl groups is 1. The minimum absolute atomic E-state index is 0.0313. The Kier molecular flexibility index (Phi) is 4.90. The zero-order valence-electron chi connectivity index (χ0n) is 15.0. The lowest BCUT2D eigenvalue weighted by molar-refractivity contribution is -0.111. The molecule has 9 heteroatoms. The maximum Gasteiger partial charge on any atom is 0.165 e. The summed E-state index contributed by atoms with van der Waals surface area (Å²) in [5.41, 5.74) is 0.886. The number of hydrogen-bond donors (Lipinski definition) is 2. The highest BCUT2D eigenvalue weighted by Crippen LogP contribution is 2.26. The molecule has 3 heterocycles. The van der Waals surface area contributed by atoms with Crippen LogP contribution in [0.15, 0.2) is 18.7 Å². The highest BCUT2D eigenvalue weighted by Gasteiger charge is 2.22. The molecule has 0 fully saturated rings. The van der Waals surface area contributed by atoms with Crippen LogP contribution in [0.25, 0.3) is 22.6 Å². The fourth-order valence-electron chi connectivity index (χ4n) is 2.62. The highest BCUT2D eigenvalue weighted by atomic mass is 16.3. The van der Waals surface area contributed by atoms with Crippen molar-refractivity contribution in [3.05, 3.63) is 24.5 Å². The molecule has 0 bridgehead atoms.